The number of rotatable bonds is 2. The standard InChI is InChI=1S/C15H14F2N2O/c1-9-7-11(16)3-5-13(9)18-15(20)19-14-6-4-12(17)8-10(14)2/h3-8H,1-2H3,(H2,18,19,20). The molecule has 0 radical (unpaired) electrons. The molecule has 2 amide bonds. The molecule has 0 aromatic heterocycles. The number of benzene rings is 2. The summed E-state index contributed by atoms with van der Waals surface area (Å²) in [6.07, 6.45) is 0. The Kier molecular flexibility index (Phi) is 3.98. The first kappa shape index (κ1) is 14.0. The van der Waals surface area contributed by atoms with Gasteiger partial charge in [-0.2, -0.15) is 0 Å². The van der Waals surface area contributed by atoms with Crippen molar-refractivity contribution >= 4 is 17.4 Å². The number of carbonyl (C=O) groups excluding carboxylic acids is 1. The van der Waals surface area contributed by atoms with E-state index in [0.717, 1.165) is 0 Å². The van der Waals surface area contributed by atoms with E-state index in [2.05, 4.69) is 10.6 Å². The van der Waals surface area contributed by atoms with Gasteiger partial charge in [0.15, 0.2) is 0 Å². The fourth-order valence-corrected chi connectivity index (χ4v) is 1.81. The van der Waals surface area contributed by atoms with Gasteiger partial charge >= 0.3 is 6.03 Å². The number of hydrogen-bond acceptors (Lipinski definition) is 1. The summed E-state index contributed by atoms with van der Waals surface area (Å²) in [6, 6.07) is 7.72. The lowest BCUT2D eigenvalue weighted by molar-refractivity contribution is 0.262. The van der Waals surface area contributed by atoms with E-state index in [9.17, 15) is 13.6 Å². The molecule has 5 heteroatoms. The molecule has 0 saturated carbocycles. The largest absolute Gasteiger partial charge is 0.323 e. The first-order valence-electron chi connectivity index (χ1n) is 6.06. The van der Waals surface area contributed by atoms with E-state index in [0.29, 0.717) is 22.5 Å². The summed E-state index contributed by atoms with van der Waals surface area (Å²) in [5.41, 5.74) is 2.28. The number of nitrogens with one attached hydrogen (secondary N) is 2. The lowest BCUT2D eigenvalue weighted by Crippen LogP contribution is -2.20. The molecule has 2 rings (SSSR count). The molecule has 0 atom stereocenters. The van der Waals surface area contributed by atoms with Crippen LogP contribution in [-0.4, -0.2) is 6.03 Å². The van der Waals surface area contributed by atoms with E-state index in [1.807, 2.05) is 0 Å². The van der Waals surface area contributed by atoms with Crippen molar-refractivity contribution in [3.05, 3.63) is 59.2 Å². The minimum absolute atomic E-state index is 0.358. The van der Waals surface area contributed by atoms with Gasteiger partial charge in [0.2, 0.25) is 0 Å². The van der Waals surface area contributed by atoms with Crippen molar-refractivity contribution in [2.75, 3.05) is 10.6 Å². The Morgan fingerprint density at radius 1 is 0.850 bits per heavy atom. The second-order valence-corrected chi connectivity index (χ2v) is 4.50. The zero-order valence-electron chi connectivity index (χ0n) is 11.1. The van der Waals surface area contributed by atoms with Crippen LogP contribution in [0.4, 0.5) is 25.0 Å². The molecule has 2 aromatic rings. The summed E-state index contributed by atoms with van der Waals surface area (Å²) in [4.78, 5) is 11.8. The maximum Gasteiger partial charge on any atom is 0.323 e. The summed E-state index contributed by atoms with van der Waals surface area (Å²) in [5, 5.41) is 5.23. The van der Waals surface area contributed by atoms with Crippen LogP contribution in [0.2, 0.25) is 0 Å². The van der Waals surface area contributed by atoms with Gasteiger partial charge in [-0.25, -0.2) is 13.6 Å². The summed E-state index contributed by atoms with van der Waals surface area (Å²) in [5.74, 6) is -0.717. The zero-order valence-corrected chi connectivity index (χ0v) is 11.1. The molecule has 0 aliphatic rings. The molecule has 20 heavy (non-hydrogen) atoms. The normalized spacial score (nSPS) is 10.2. The van der Waals surface area contributed by atoms with E-state index in [1.54, 1.807) is 13.8 Å². The molecule has 104 valence electrons. The monoisotopic (exact) mass is 276 g/mol. The fraction of sp³-hybridized carbons (Fsp3) is 0.133. The average Bonchev–Trinajstić information content (AvgIpc) is 2.36. The topological polar surface area (TPSA) is 41.1 Å². The highest BCUT2D eigenvalue weighted by Gasteiger charge is 2.07. The highest BCUT2D eigenvalue weighted by Crippen LogP contribution is 2.18. The highest BCUT2D eigenvalue weighted by atomic mass is 19.1. The van der Waals surface area contributed by atoms with E-state index in [4.69, 9.17) is 0 Å². The van der Waals surface area contributed by atoms with Crippen molar-refractivity contribution in [3.8, 4) is 0 Å². The van der Waals surface area contributed by atoms with Gasteiger partial charge in [-0.05, 0) is 61.4 Å². The fourth-order valence-electron chi connectivity index (χ4n) is 1.81. The number of hydrogen-bond donors (Lipinski definition) is 2. The molecule has 0 aliphatic carbocycles. The molecule has 0 spiro atoms. The third-order valence-corrected chi connectivity index (χ3v) is 2.87. The Hall–Kier alpha value is -2.43. The summed E-state index contributed by atoms with van der Waals surface area (Å²) < 4.78 is 25.9. The van der Waals surface area contributed by atoms with Crippen molar-refractivity contribution in [2.24, 2.45) is 0 Å². The minimum atomic E-state index is -0.464. The Morgan fingerprint density at radius 2 is 1.25 bits per heavy atom. The molecule has 3 nitrogen and oxygen atoms in total. The van der Waals surface area contributed by atoms with Gasteiger partial charge in [0.1, 0.15) is 11.6 Å². The van der Waals surface area contributed by atoms with E-state index >= 15 is 0 Å². The first-order valence-corrected chi connectivity index (χ1v) is 6.06. The Balaban J connectivity index is 2.09. The third kappa shape index (κ3) is 3.32. The molecule has 2 N–H and O–H groups in total. The molecule has 0 saturated heterocycles. The second-order valence-electron chi connectivity index (χ2n) is 4.50. The smallest absolute Gasteiger partial charge is 0.307 e. The van der Waals surface area contributed by atoms with Gasteiger partial charge < -0.3 is 10.6 Å². The summed E-state index contributed by atoms with van der Waals surface area (Å²) in [6.45, 7) is 3.39. The van der Waals surface area contributed by atoms with Gasteiger partial charge in [0, 0.05) is 11.4 Å². The van der Waals surface area contributed by atoms with Crippen molar-refractivity contribution in [2.45, 2.75) is 13.8 Å². The molecular formula is C15H14F2N2O. The lowest BCUT2D eigenvalue weighted by atomic mass is 10.2. The first-order chi connectivity index (χ1) is 9.45. The minimum Gasteiger partial charge on any atom is -0.307 e. The van der Waals surface area contributed by atoms with Crippen LogP contribution in [0.5, 0.6) is 0 Å². The maximum absolute atomic E-state index is 13.0. The molecule has 2 aromatic carbocycles. The van der Waals surface area contributed by atoms with Crippen LogP contribution in [-0.2, 0) is 0 Å². The van der Waals surface area contributed by atoms with Gasteiger partial charge in [0.05, 0.1) is 0 Å². The molecule has 0 fully saturated rings. The molecule has 0 aliphatic heterocycles. The summed E-state index contributed by atoms with van der Waals surface area (Å²) >= 11 is 0. The van der Waals surface area contributed by atoms with E-state index in [1.165, 1.54) is 36.4 Å². The van der Waals surface area contributed by atoms with E-state index < -0.39 is 6.03 Å². The van der Waals surface area contributed by atoms with E-state index in [-0.39, 0.29) is 11.6 Å². The Labute approximate surface area is 115 Å². The predicted molar refractivity (Wildman–Crippen MR) is 74.9 cm³/mol. The second kappa shape index (κ2) is 5.69. The van der Waals surface area contributed by atoms with Crippen molar-refractivity contribution in [1.82, 2.24) is 0 Å². The Morgan fingerprint density at radius 3 is 1.60 bits per heavy atom. The van der Waals surface area contributed by atoms with Crippen LogP contribution in [0.3, 0.4) is 0 Å². The number of halogens is 2. The Bertz CT molecular complexity index is 601. The van der Waals surface area contributed by atoms with Gasteiger partial charge in [-0.15, -0.1) is 0 Å². The summed E-state index contributed by atoms with van der Waals surface area (Å²) in [7, 11) is 0. The van der Waals surface area contributed by atoms with Crippen molar-refractivity contribution in [3.63, 3.8) is 0 Å². The van der Waals surface area contributed by atoms with Crippen LogP contribution in [0.15, 0.2) is 36.4 Å². The van der Waals surface area contributed by atoms with Gasteiger partial charge in [-0.3, -0.25) is 0 Å². The van der Waals surface area contributed by atoms with Gasteiger partial charge in [0.25, 0.3) is 0 Å². The van der Waals surface area contributed by atoms with Crippen LogP contribution in [0.25, 0.3) is 0 Å². The molecule has 0 heterocycles. The maximum atomic E-state index is 13.0. The quantitative estimate of drug-likeness (QED) is 0.847. The van der Waals surface area contributed by atoms with Crippen LogP contribution in [0.1, 0.15) is 11.1 Å². The number of amides is 2. The average molecular weight is 276 g/mol. The third-order valence-electron chi connectivity index (χ3n) is 2.87. The number of aryl methyl sites for hydroxylation is 2. The zero-order chi connectivity index (χ0) is 14.7. The van der Waals surface area contributed by atoms with Crippen LogP contribution >= 0.6 is 0 Å². The lowest BCUT2D eigenvalue weighted by Gasteiger charge is -2.11. The predicted octanol–water partition coefficient (Wildman–Crippen LogP) is 4.23. The van der Waals surface area contributed by atoms with Gasteiger partial charge in [-0.1, -0.05) is 0 Å². The molecular weight excluding hydrogens is 262 g/mol. The number of carbonyl (C=O) groups is 1. The highest BCUT2D eigenvalue weighted by molar-refractivity contribution is 6.00. The number of urea groups is 1. The SMILES string of the molecule is Cc1cc(F)ccc1NC(=O)Nc1ccc(F)cc1C. The molecule has 0 bridgehead atoms. The van der Waals surface area contributed by atoms with Crippen molar-refractivity contribution < 1.29 is 13.6 Å². The molecule has 0 unspecified atom stereocenters. The van der Waals surface area contributed by atoms with Crippen molar-refractivity contribution in [1.29, 1.82) is 0 Å². The van der Waals surface area contributed by atoms with Crippen LogP contribution < -0.4 is 10.6 Å². The van der Waals surface area contributed by atoms with Crippen LogP contribution in [0, 0.1) is 25.5 Å². The number of anilines is 2.